The van der Waals surface area contributed by atoms with Crippen LogP contribution in [0.1, 0.15) is 37.9 Å². The fourth-order valence-electron chi connectivity index (χ4n) is 4.34. The van der Waals surface area contributed by atoms with Crippen molar-refractivity contribution < 1.29 is 23.8 Å². The smallest absolute Gasteiger partial charge is 0.337 e. The van der Waals surface area contributed by atoms with Gasteiger partial charge in [0, 0.05) is 37.7 Å². The molecule has 0 unspecified atom stereocenters. The Kier molecular flexibility index (Phi) is 9.17. The van der Waals surface area contributed by atoms with Gasteiger partial charge in [0.25, 0.3) is 5.91 Å². The monoisotopic (exact) mass is 522 g/mol. The molecule has 0 aliphatic carbocycles. The Bertz CT molecular complexity index is 1190. The SMILES string of the molecule is COC(=O)c1ccc(CO[C@@H](CN2CCN(C(=O)c3ccccc3OC)CC2)c2ccc(Cl)cc2)cc1. The summed E-state index contributed by atoms with van der Waals surface area (Å²) in [5.74, 6) is 0.207. The highest BCUT2D eigenvalue weighted by atomic mass is 35.5. The second kappa shape index (κ2) is 12.7. The second-order valence-electron chi connectivity index (χ2n) is 8.83. The van der Waals surface area contributed by atoms with Gasteiger partial charge in [0.1, 0.15) is 5.75 Å². The van der Waals surface area contributed by atoms with E-state index in [-0.39, 0.29) is 18.0 Å². The number of benzene rings is 3. The molecule has 0 saturated carbocycles. The summed E-state index contributed by atoms with van der Waals surface area (Å²) >= 11 is 6.12. The fraction of sp³-hybridized carbons (Fsp3) is 0.310. The number of carbonyl (C=O) groups is 2. The first kappa shape index (κ1) is 26.7. The molecule has 0 spiro atoms. The molecule has 1 aliphatic rings. The first-order valence-corrected chi connectivity index (χ1v) is 12.5. The lowest BCUT2D eigenvalue weighted by Gasteiger charge is -2.36. The average Bonchev–Trinajstić information content (AvgIpc) is 2.95. The summed E-state index contributed by atoms with van der Waals surface area (Å²) in [6.45, 7) is 3.79. The minimum absolute atomic E-state index is 0.0157. The van der Waals surface area contributed by atoms with Crippen molar-refractivity contribution in [3.05, 3.63) is 100 Å². The Morgan fingerprint density at radius 1 is 0.892 bits per heavy atom. The van der Waals surface area contributed by atoms with Gasteiger partial charge in [-0.2, -0.15) is 0 Å². The molecule has 0 radical (unpaired) electrons. The van der Waals surface area contributed by atoms with E-state index in [1.54, 1.807) is 31.4 Å². The highest BCUT2D eigenvalue weighted by molar-refractivity contribution is 6.30. The van der Waals surface area contributed by atoms with Gasteiger partial charge in [-0.25, -0.2) is 4.79 Å². The highest BCUT2D eigenvalue weighted by Gasteiger charge is 2.26. The summed E-state index contributed by atoms with van der Waals surface area (Å²) < 4.78 is 16.5. The van der Waals surface area contributed by atoms with E-state index in [9.17, 15) is 9.59 Å². The van der Waals surface area contributed by atoms with E-state index < -0.39 is 0 Å². The normalized spacial score (nSPS) is 14.7. The maximum Gasteiger partial charge on any atom is 0.337 e. The van der Waals surface area contributed by atoms with E-state index in [4.69, 9.17) is 25.8 Å². The number of halogens is 1. The fourth-order valence-corrected chi connectivity index (χ4v) is 4.47. The van der Waals surface area contributed by atoms with Gasteiger partial charge in [-0.05, 0) is 47.5 Å². The van der Waals surface area contributed by atoms with Crippen molar-refractivity contribution in [2.24, 2.45) is 0 Å². The first-order chi connectivity index (χ1) is 18.0. The lowest BCUT2D eigenvalue weighted by molar-refractivity contribution is 0.00338. The molecule has 1 heterocycles. The molecule has 0 aromatic heterocycles. The van der Waals surface area contributed by atoms with Gasteiger partial charge in [0.05, 0.1) is 38.1 Å². The maximum absolute atomic E-state index is 13.1. The van der Waals surface area contributed by atoms with Crippen molar-refractivity contribution >= 4 is 23.5 Å². The van der Waals surface area contributed by atoms with Crippen molar-refractivity contribution in [1.82, 2.24) is 9.80 Å². The van der Waals surface area contributed by atoms with Crippen molar-refractivity contribution in [1.29, 1.82) is 0 Å². The van der Waals surface area contributed by atoms with E-state index in [1.165, 1.54) is 7.11 Å². The Morgan fingerprint density at radius 3 is 2.22 bits per heavy atom. The lowest BCUT2D eigenvalue weighted by Crippen LogP contribution is -2.49. The van der Waals surface area contributed by atoms with E-state index in [1.807, 2.05) is 53.4 Å². The van der Waals surface area contributed by atoms with Gasteiger partial charge < -0.3 is 19.1 Å². The Hall–Kier alpha value is -3.39. The number of hydrogen-bond acceptors (Lipinski definition) is 6. The Morgan fingerprint density at radius 2 is 1.57 bits per heavy atom. The van der Waals surface area contributed by atoms with Gasteiger partial charge in [-0.15, -0.1) is 0 Å². The van der Waals surface area contributed by atoms with Crippen LogP contribution >= 0.6 is 11.6 Å². The van der Waals surface area contributed by atoms with Crippen LogP contribution in [0, 0.1) is 0 Å². The molecule has 0 N–H and O–H groups in total. The first-order valence-electron chi connectivity index (χ1n) is 12.2. The maximum atomic E-state index is 13.1. The van der Waals surface area contributed by atoms with E-state index in [0.717, 1.165) is 24.2 Å². The molecule has 1 amide bonds. The Labute approximate surface area is 222 Å². The summed E-state index contributed by atoms with van der Waals surface area (Å²) in [5, 5.41) is 0.671. The molecule has 1 atom stereocenters. The zero-order valence-electron chi connectivity index (χ0n) is 21.1. The van der Waals surface area contributed by atoms with Crippen LogP contribution in [0.15, 0.2) is 72.8 Å². The van der Waals surface area contributed by atoms with Gasteiger partial charge in [-0.1, -0.05) is 48.0 Å². The van der Waals surface area contributed by atoms with E-state index >= 15 is 0 Å². The molecule has 1 aliphatic heterocycles. The third-order valence-electron chi connectivity index (χ3n) is 6.49. The van der Waals surface area contributed by atoms with Crippen molar-refractivity contribution in [2.45, 2.75) is 12.7 Å². The summed E-state index contributed by atoms with van der Waals surface area (Å²) in [4.78, 5) is 29.0. The van der Waals surface area contributed by atoms with Gasteiger partial charge in [0.15, 0.2) is 0 Å². The quantitative estimate of drug-likeness (QED) is 0.374. The summed E-state index contributed by atoms with van der Waals surface area (Å²) in [6, 6.07) is 22.2. The number of piperazine rings is 1. The molecule has 3 aromatic carbocycles. The molecule has 8 heteroatoms. The van der Waals surface area contributed by atoms with Gasteiger partial charge in [0.2, 0.25) is 0 Å². The zero-order chi connectivity index (χ0) is 26.2. The summed E-state index contributed by atoms with van der Waals surface area (Å²) in [7, 11) is 2.94. The molecule has 3 aromatic rings. The predicted molar refractivity (Wildman–Crippen MR) is 142 cm³/mol. The minimum Gasteiger partial charge on any atom is -0.496 e. The molecule has 4 rings (SSSR count). The highest BCUT2D eigenvalue weighted by Crippen LogP contribution is 2.25. The third-order valence-corrected chi connectivity index (χ3v) is 6.74. The molecule has 1 saturated heterocycles. The van der Waals surface area contributed by atoms with Crippen LogP contribution < -0.4 is 4.74 Å². The molecule has 0 bridgehead atoms. The second-order valence-corrected chi connectivity index (χ2v) is 9.27. The number of nitrogens with zero attached hydrogens (tertiary/aromatic N) is 2. The van der Waals surface area contributed by atoms with E-state index in [0.29, 0.717) is 48.1 Å². The van der Waals surface area contributed by atoms with Crippen LogP contribution in [0.5, 0.6) is 5.75 Å². The molecule has 7 nitrogen and oxygen atoms in total. The number of carbonyl (C=O) groups excluding carboxylic acids is 2. The van der Waals surface area contributed by atoms with Gasteiger partial charge in [-0.3, -0.25) is 9.69 Å². The van der Waals surface area contributed by atoms with Crippen molar-refractivity contribution in [3.63, 3.8) is 0 Å². The molecular weight excluding hydrogens is 492 g/mol. The van der Waals surface area contributed by atoms with Crippen LogP contribution in [0.3, 0.4) is 0 Å². The van der Waals surface area contributed by atoms with Crippen LogP contribution in [0.2, 0.25) is 5.02 Å². The summed E-state index contributed by atoms with van der Waals surface area (Å²) in [5.41, 5.74) is 3.07. The van der Waals surface area contributed by atoms with Crippen LogP contribution in [0.25, 0.3) is 0 Å². The number of methoxy groups -OCH3 is 2. The van der Waals surface area contributed by atoms with Crippen LogP contribution in [-0.2, 0) is 16.1 Å². The lowest BCUT2D eigenvalue weighted by atomic mass is 10.1. The van der Waals surface area contributed by atoms with Crippen molar-refractivity contribution in [3.8, 4) is 5.75 Å². The molecular formula is C29H31ClN2O5. The molecule has 37 heavy (non-hydrogen) atoms. The topological polar surface area (TPSA) is 68.3 Å². The van der Waals surface area contributed by atoms with Gasteiger partial charge >= 0.3 is 5.97 Å². The summed E-state index contributed by atoms with van der Waals surface area (Å²) in [6.07, 6.45) is -0.186. The molecule has 1 fully saturated rings. The Balaban J connectivity index is 1.39. The number of hydrogen-bond donors (Lipinski definition) is 0. The number of ether oxygens (including phenoxy) is 3. The largest absolute Gasteiger partial charge is 0.496 e. The van der Waals surface area contributed by atoms with E-state index in [2.05, 4.69) is 4.90 Å². The third kappa shape index (κ3) is 6.89. The number of amides is 1. The van der Waals surface area contributed by atoms with Crippen molar-refractivity contribution in [2.75, 3.05) is 46.9 Å². The minimum atomic E-state index is -0.366. The number of rotatable bonds is 9. The standard InChI is InChI=1S/C29H31ClN2O5/c1-35-26-6-4-3-5-25(26)28(33)32-17-15-31(16-18-32)19-27(22-11-13-24(30)14-12-22)37-20-21-7-9-23(10-8-21)29(34)36-2/h3-14,27H,15-20H2,1-2H3/t27-/m0/s1. The number of esters is 1. The van der Waals surface area contributed by atoms with Crippen LogP contribution in [0.4, 0.5) is 0 Å². The van der Waals surface area contributed by atoms with Crippen LogP contribution in [-0.4, -0.2) is 68.6 Å². The average molecular weight is 523 g/mol. The molecule has 194 valence electrons. The zero-order valence-corrected chi connectivity index (χ0v) is 21.8. The number of para-hydroxylation sites is 1. The predicted octanol–water partition coefficient (Wildman–Crippen LogP) is 4.85.